The summed E-state index contributed by atoms with van der Waals surface area (Å²) in [5.74, 6) is 0.433. The van der Waals surface area contributed by atoms with Gasteiger partial charge in [-0.05, 0) is 0 Å². The Hall–Kier alpha value is -2.07. The Kier molecular flexibility index (Phi) is 2.23. The molecule has 84 valence electrons. The van der Waals surface area contributed by atoms with Gasteiger partial charge in [0, 0.05) is 11.6 Å². The van der Waals surface area contributed by atoms with E-state index >= 15 is 0 Å². The minimum atomic E-state index is 0.417. The van der Waals surface area contributed by atoms with E-state index in [1.165, 1.54) is 0 Å². The van der Waals surface area contributed by atoms with Crippen LogP contribution in [0, 0.1) is 0 Å². The fourth-order valence-electron chi connectivity index (χ4n) is 1.84. The number of hydrogen-bond donors (Lipinski definition) is 2. The van der Waals surface area contributed by atoms with Gasteiger partial charge in [0.15, 0.2) is 5.82 Å². The summed E-state index contributed by atoms with van der Waals surface area (Å²) >= 11 is 5.98. The maximum absolute atomic E-state index is 5.98. The first-order chi connectivity index (χ1) is 8.25. The van der Waals surface area contributed by atoms with Crippen molar-refractivity contribution in [3.05, 3.63) is 41.6 Å². The molecule has 4 nitrogen and oxygen atoms in total. The Morgan fingerprint density at radius 2 is 1.94 bits per heavy atom. The van der Waals surface area contributed by atoms with Gasteiger partial charge in [0.25, 0.3) is 0 Å². The molecular weight excluding hydrogens is 236 g/mol. The van der Waals surface area contributed by atoms with Gasteiger partial charge in [-0.1, -0.05) is 41.9 Å². The monoisotopic (exact) mass is 244 g/mol. The van der Waals surface area contributed by atoms with Gasteiger partial charge in [-0.15, -0.1) is 0 Å². The number of nitrogens with one attached hydrogen (secondary N) is 1. The van der Waals surface area contributed by atoms with Gasteiger partial charge in [-0.2, -0.15) is 5.10 Å². The van der Waals surface area contributed by atoms with Crippen LogP contribution < -0.4 is 5.73 Å². The second-order valence-corrected chi connectivity index (χ2v) is 4.08. The van der Waals surface area contributed by atoms with Gasteiger partial charge in [0.05, 0.1) is 16.6 Å². The van der Waals surface area contributed by atoms with Gasteiger partial charge in [0.2, 0.25) is 0 Å². The van der Waals surface area contributed by atoms with Crippen LogP contribution in [0.25, 0.3) is 22.2 Å². The molecular formula is C12H9ClN4. The van der Waals surface area contributed by atoms with Crippen molar-refractivity contribution >= 4 is 28.3 Å². The first-order valence-corrected chi connectivity index (χ1v) is 5.49. The number of hydrogen-bond acceptors (Lipinski definition) is 3. The molecule has 17 heavy (non-hydrogen) atoms. The molecule has 0 atom stereocenters. The largest absolute Gasteiger partial charge is 0.382 e. The minimum Gasteiger partial charge on any atom is -0.382 e. The van der Waals surface area contributed by atoms with Crippen molar-refractivity contribution in [1.82, 2.24) is 15.2 Å². The molecule has 3 rings (SSSR count). The second-order valence-electron chi connectivity index (χ2n) is 3.69. The van der Waals surface area contributed by atoms with Crippen molar-refractivity contribution in [3.63, 3.8) is 0 Å². The lowest BCUT2D eigenvalue weighted by molar-refractivity contribution is 1.13. The maximum atomic E-state index is 5.98. The Bertz CT molecular complexity index is 676. The molecule has 5 heteroatoms. The van der Waals surface area contributed by atoms with Crippen molar-refractivity contribution in [3.8, 4) is 11.3 Å². The zero-order chi connectivity index (χ0) is 11.8. The van der Waals surface area contributed by atoms with Crippen LogP contribution in [-0.2, 0) is 0 Å². The number of rotatable bonds is 1. The molecule has 0 fully saturated rings. The lowest BCUT2D eigenvalue weighted by Crippen LogP contribution is -1.90. The highest BCUT2D eigenvalue weighted by molar-refractivity contribution is 6.30. The van der Waals surface area contributed by atoms with Crippen LogP contribution in [0.15, 0.2) is 36.4 Å². The van der Waals surface area contributed by atoms with Crippen molar-refractivity contribution < 1.29 is 0 Å². The highest BCUT2D eigenvalue weighted by Gasteiger charge is 2.12. The molecule has 0 amide bonds. The van der Waals surface area contributed by atoms with Crippen molar-refractivity contribution in [2.24, 2.45) is 0 Å². The quantitative estimate of drug-likeness (QED) is 0.647. The van der Waals surface area contributed by atoms with Crippen LogP contribution in [0.3, 0.4) is 0 Å². The van der Waals surface area contributed by atoms with Crippen molar-refractivity contribution in [2.45, 2.75) is 0 Å². The molecule has 0 aliphatic rings. The summed E-state index contributed by atoms with van der Waals surface area (Å²) in [4.78, 5) is 4.33. The van der Waals surface area contributed by atoms with Gasteiger partial charge in [0.1, 0.15) is 5.15 Å². The molecule has 0 saturated carbocycles. The third-order valence-electron chi connectivity index (χ3n) is 2.59. The number of H-pyrrole nitrogens is 1. The molecule has 0 aliphatic carbocycles. The van der Waals surface area contributed by atoms with E-state index in [2.05, 4.69) is 15.2 Å². The Morgan fingerprint density at radius 3 is 2.71 bits per heavy atom. The standard InChI is InChI=1S/C12H9ClN4/c13-9-6-8-10(12(14)17-16-8)11(15-9)7-4-2-1-3-5-7/h1-6H,(H3,14,16,17). The summed E-state index contributed by atoms with van der Waals surface area (Å²) in [5.41, 5.74) is 8.35. The molecule has 1 aromatic carbocycles. The minimum absolute atomic E-state index is 0.417. The van der Waals surface area contributed by atoms with E-state index in [4.69, 9.17) is 17.3 Å². The normalized spacial score (nSPS) is 10.9. The van der Waals surface area contributed by atoms with Gasteiger partial charge in [-0.3, -0.25) is 5.10 Å². The molecule has 3 N–H and O–H groups in total. The number of aromatic nitrogens is 3. The SMILES string of the molecule is Nc1n[nH]c2cc(Cl)nc(-c3ccccc3)c12. The van der Waals surface area contributed by atoms with Crippen LogP contribution in [0.2, 0.25) is 5.15 Å². The summed E-state index contributed by atoms with van der Waals surface area (Å²) < 4.78 is 0. The smallest absolute Gasteiger partial charge is 0.155 e. The van der Waals surface area contributed by atoms with Crippen LogP contribution in [-0.4, -0.2) is 15.2 Å². The average molecular weight is 245 g/mol. The molecule has 0 unspecified atom stereocenters. The number of nitrogens with two attached hydrogens (primary N) is 1. The summed E-state index contributed by atoms with van der Waals surface area (Å²) in [6.45, 7) is 0. The lowest BCUT2D eigenvalue weighted by Gasteiger charge is -2.03. The van der Waals surface area contributed by atoms with Crippen LogP contribution >= 0.6 is 11.6 Å². The van der Waals surface area contributed by atoms with Crippen molar-refractivity contribution in [1.29, 1.82) is 0 Å². The van der Waals surface area contributed by atoms with E-state index in [1.54, 1.807) is 6.07 Å². The third kappa shape index (κ3) is 1.62. The number of aromatic amines is 1. The van der Waals surface area contributed by atoms with Crippen LogP contribution in [0.1, 0.15) is 0 Å². The molecule has 2 aromatic heterocycles. The first kappa shape index (κ1) is 10.1. The van der Waals surface area contributed by atoms with E-state index in [9.17, 15) is 0 Å². The fourth-order valence-corrected chi connectivity index (χ4v) is 2.04. The average Bonchev–Trinajstić information content (AvgIpc) is 2.71. The van der Waals surface area contributed by atoms with E-state index in [0.29, 0.717) is 11.0 Å². The van der Waals surface area contributed by atoms with Gasteiger partial charge >= 0.3 is 0 Å². The van der Waals surface area contributed by atoms with Gasteiger partial charge in [-0.25, -0.2) is 4.98 Å². The number of pyridine rings is 1. The molecule has 0 saturated heterocycles. The molecule has 0 bridgehead atoms. The lowest BCUT2D eigenvalue weighted by atomic mass is 10.1. The number of fused-ring (bicyclic) bond motifs is 1. The van der Waals surface area contributed by atoms with E-state index in [-0.39, 0.29) is 0 Å². The highest BCUT2D eigenvalue weighted by atomic mass is 35.5. The number of nitrogens with zero attached hydrogens (tertiary/aromatic N) is 2. The van der Waals surface area contributed by atoms with E-state index in [0.717, 1.165) is 22.2 Å². The zero-order valence-corrected chi connectivity index (χ0v) is 9.57. The van der Waals surface area contributed by atoms with Crippen molar-refractivity contribution in [2.75, 3.05) is 5.73 Å². The number of benzene rings is 1. The van der Waals surface area contributed by atoms with E-state index in [1.807, 2.05) is 30.3 Å². The molecule has 0 spiro atoms. The highest BCUT2D eigenvalue weighted by Crippen LogP contribution is 2.31. The predicted octanol–water partition coefficient (Wildman–Crippen LogP) is 2.86. The topological polar surface area (TPSA) is 67.6 Å². The Morgan fingerprint density at radius 1 is 1.18 bits per heavy atom. The Balaban J connectivity index is 2.39. The summed E-state index contributed by atoms with van der Waals surface area (Å²) in [5, 5.41) is 8.04. The predicted molar refractivity (Wildman–Crippen MR) is 68.7 cm³/mol. The molecule has 0 radical (unpaired) electrons. The van der Waals surface area contributed by atoms with E-state index < -0.39 is 0 Å². The second kappa shape index (κ2) is 3.75. The van der Waals surface area contributed by atoms with Gasteiger partial charge < -0.3 is 5.73 Å². The number of anilines is 1. The third-order valence-corrected chi connectivity index (χ3v) is 2.78. The number of nitrogen functional groups attached to an aromatic ring is 1. The van der Waals surface area contributed by atoms with Crippen LogP contribution in [0.4, 0.5) is 5.82 Å². The Labute approximate surface area is 102 Å². The molecule has 2 heterocycles. The number of halogens is 1. The first-order valence-electron chi connectivity index (χ1n) is 5.11. The maximum Gasteiger partial charge on any atom is 0.155 e. The molecule has 3 aromatic rings. The summed E-state index contributed by atoms with van der Waals surface area (Å²) in [6.07, 6.45) is 0. The fraction of sp³-hybridized carbons (Fsp3) is 0. The summed E-state index contributed by atoms with van der Waals surface area (Å²) in [6, 6.07) is 11.5. The summed E-state index contributed by atoms with van der Waals surface area (Å²) in [7, 11) is 0. The van der Waals surface area contributed by atoms with Crippen LogP contribution in [0.5, 0.6) is 0 Å². The zero-order valence-electron chi connectivity index (χ0n) is 8.81. The molecule has 0 aliphatic heterocycles.